The predicted octanol–water partition coefficient (Wildman–Crippen LogP) is 1.58. The lowest BCUT2D eigenvalue weighted by Gasteiger charge is -2.23. The van der Waals surface area contributed by atoms with E-state index >= 15 is 0 Å². The first-order chi connectivity index (χ1) is 7.92. The predicted molar refractivity (Wildman–Crippen MR) is 59.9 cm³/mol. The Morgan fingerprint density at radius 1 is 1.50 bits per heavy atom. The van der Waals surface area contributed by atoms with Crippen LogP contribution in [0.2, 0.25) is 0 Å². The maximum Gasteiger partial charge on any atom is 0.117 e. The van der Waals surface area contributed by atoms with Crippen molar-refractivity contribution in [2.75, 3.05) is 0 Å². The van der Waals surface area contributed by atoms with Crippen molar-refractivity contribution in [3.05, 3.63) is 42.1 Å². The van der Waals surface area contributed by atoms with Crippen LogP contribution in [0.25, 0.3) is 0 Å². The minimum absolute atomic E-state index is 0.536. The minimum atomic E-state index is 0.536. The lowest BCUT2D eigenvalue weighted by Crippen LogP contribution is -2.35. The van der Waals surface area contributed by atoms with Gasteiger partial charge in [-0.3, -0.25) is 4.68 Å². The fraction of sp³-hybridized carbons (Fsp3) is 0.417. The first kappa shape index (κ1) is 9.66. The first-order valence-electron chi connectivity index (χ1n) is 5.68. The van der Waals surface area contributed by atoms with Crippen LogP contribution in [0, 0.1) is 0 Å². The summed E-state index contributed by atoms with van der Waals surface area (Å²) in [7, 11) is 0. The lowest BCUT2D eigenvalue weighted by molar-refractivity contribution is 0.363. The summed E-state index contributed by atoms with van der Waals surface area (Å²) in [4.78, 5) is 0. The third-order valence-corrected chi connectivity index (χ3v) is 3.09. The zero-order chi connectivity index (χ0) is 10.8. The van der Waals surface area contributed by atoms with Crippen LogP contribution in [-0.4, -0.2) is 15.8 Å². The highest BCUT2D eigenvalue weighted by Gasteiger charge is 2.18. The Bertz CT molecular complexity index is 447. The van der Waals surface area contributed by atoms with E-state index in [2.05, 4.69) is 21.2 Å². The molecule has 0 bridgehead atoms. The molecular formula is C12H15N3O. The molecule has 0 unspecified atom stereocenters. The average molecular weight is 217 g/mol. The summed E-state index contributed by atoms with van der Waals surface area (Å²) in [5.41, 5.74) is 1.32. The maximum absolute atomic E-state index is 5.30. The number of rotatable bonds is 3. The van der Waals surface area contributed by atoms with Crippen molar-refractivity contribution in [3.8, 4) is 0 Å². The molecule has 1 N–H and O–H groups in total. The van der Waals surface area contributed by atoms with Gasteiger partial charge in [0.25, 0.3) is 0 Å². The van der Waals surface area contributed by atoms with Gasteiger partial charge < -0.3 is 9.73 Å². The molecule has 4 heteroatoms. The molecule has 0 aliphatic carbocycles. The van der Waals surface area contributed by atoms with Crippen LogP contribution in [0.4, 0.5) is 0 Å². The van der Waals surface area contributed by atoms with Crippen molar-refractivity contribution in [3.63, 3.8) is 0 Å². The number of hydrogen-bond acceptors (Lipinski definition) is 3. The average Bonchev–Trinajstić information content (AvgIpc) is 2.97. The number of nitrogens with zero attached hydrogens (tertiary/aromatic N) is 2. The van der Waals surface area contributed by atoms with Gasteiger partial charge in [-0.05, 0) is 24.6 Å². The summed E-state index contributed by atoms with van der Waals surface area (Å²) < 4.78 is 7.39. The topological polar surface area (TPSA) is 43.0 Å². The standard InChI is InChI=1S/C12H15N3O/c1-2-12(16-7-1)9-13-10-4-6-15-11(8-10)3-5-14-15/h1-3,5,7,10,13H,4,6,8-9H2/t10-/m1/s1. The molecule has 0 radical (unpaired) electrons. The molecule has 1 aliphatic heterocycles. The van der Waals surface area contributed by atoms with Gasteiger partial charge in [0, 0.05) is 30.9 Å². The van der Waals surface area contributed by atoms with Gasteiger partial charge in [0.2, 0.25) is 0 Å². The third-order valence-electron chi connectivity index (χ3n) is 3.09. The summed E-state index contributed by atoms with van der Waals surface area (Å²) >= 11 is 0. The van der Waals surface area contributed by atoms with Crippen LogP contribution in [0.1, 0.15) is 17.9 Å². The van der Waals surface area contributed by atoms with Gasteiger partial charge in [-0.2, -0.15) is 5.10 Å². The number of furan rings is 1. The van der Waals surface area contributed by atoms with E-state index in [4.69, 9.17) is 4.42 Å². The second-order valence-electron chi connectivity index (χ2n) is 4.20. The zero-order valence-corrected chi connectivity index (χ0v) is 9.10. The Morgan fingerprint density at radius 3 is 3.38 bits per heavy atom. The van der Waals surface area contributed by atoms with Gasteiger partial charge in [-0.15, -0.1) is 0 Å². The van der Waals surface area contributed by atoms with Gasteiger partial charge in [-0.1, -0.05) is 0 Å². The molecule has 16 heavy (non-hydrogen) atoms. The summed E-state index contributed by atoms with van der Waals surface area (Å²) in [5.74, 6) is 0.999. The quantitative estimate of drug-likeness (QED) is 0.848. The number of aromatic nitrogens is 2. The highest BCUT2D eigenvalue weighted by atomic mass is 16.3. The molecule has 0 saturated heterocycles. The van der Waals surface area contributed by atoms with Crippen LogP contribution in [0.15, 0.2) is 35.1 Å². The van der Waals surface area contributed by atoms with E-state index in [1.54, 1.807) is 6.26 Å². The molecule has 1 aliphatic rings. The second kappa shape index (κ2) is 4.14. The van der Waals surface area contributed by atoms with Crippen LogP contribution in [0.5, 0.6) is 0 Å². The number of aryl methyl sites for hydroxylation is 1. The molecule has 0 fully saturated rings. The highest BCUT2D eigenvalue weighted by molar-refractivity contribution is 5.06. The fourth-order valence-corrected chi connectivity index (χ4v) is 2.20. The smallest absolute Gasteiger partial charge is 0.117 e. The summed E-state index contributed by atoms with van der Waals surface area (Å²) in [6, 6.07) is 6.56. The van der Waals surface area contributed by atoms with Crippen molar-refractivity contribution < 1.29 is 4.42 Å². The largest absolute Gasteiger partial charge is 0.468 e. The van der Waals surface area contributed by atoms with Gasteiger partial charge >= 0.3 is 0 Å². The Labute approximate surface area is 94.3 Å². The lowest BCUT2D eigenvalue weighted by atomic mass is 10.0. The van der Waals surface area contributed by atoms with Crippen molar-refractivity contribution in [2.45, 2.75) is 32.0 Å². The molecule has 2 aromatic rings. The number of nitrogens with one attached hydrogen (secondary N) is 1. The monoisotopic (exact) mass is 217 g/mol. The van der Waals surface area contributed by atoms with Crippen molar-refractivity contribution in [2.24, 2.45) is 0 Å². The molecule has 0 saturated carbocycles. The van der Waals surface area contributed by atoms with Crippen LogP contribution in [0.3, 0.4) is 0 Å². The molecule has 3 heterocycles. The van der Waals surface area contributed by atoms with Crippen molar-refractivity contribution in [1.82, 2.24) is 15.1 Å². The minimum Gasteiger partial charge on any atom is -0.468 e. The Morgan fingerprint density at radius 2 is 2.50 bits per heavy atom. The molecule has 1 atom stereocenters. The third kappa shape index (κ3) is 1.88. The van der Waals surface area contributed by atoms with Crippen LogP contribution in [-0.2, 0) is 19.5 Å². The van der Waals surface area contributed by atoms with E-state index in [1.807, 2.05) is 18.3 Å². The van der Waals surface area contributed by atoms with Crippen molar-refractivity contribution in [1.29, 1.82) is 0 Å². The van der Waals surface area contributed by atoms with E-state index < -0.39 is 0 Å². The normalized spacial score (nSPS) is 19.6. The van der Waals surface area contributed by atoms with Crippen LogP contribution < -0.4 is 5.32 Å². The highest BCUT2D eigenvalue weighted by Crippen LogP contribution is 2.14. The Kier molecular flexibility index (Phi) is 2.50. The fourth-order valence-electron chi connectivity index (χ4n) is 2.20. The molecule has 4 nitrogen and oxygen atoms in total. The Balaban J connectivity index is 1.58. The van der Waals surface area contributed by atoms with Gasteiger partial charge in [0.1, 0.15) is 5.76 Å². The summed E-state index contributed by atoms with van der Waals surface area (Å²) in [6.45, 7) is 1.82. The number of hydrogen-bond donors (Lipinski definition) is 1. The van der Waals surface area contributed by atoms with Crippen LogP contribution >= 0.6 is 0 Å². The summed E-state index contributed by atoms with van der Waals surface area (Å²) in [5, 5.41) is 7.79. The maximum atomic E-state index is 5.30. The summed E-state index contributed by atoms with van der Waals surface area (Å²) in [6.07, 6.45) is 5.79. The van der Waals surface area contributed by atoms with E-state index in [9.17, 15) is 0 Å². The van der Waals surface area contributed by atoms with E-state index in [1.165, 1.54) is 5.69 Å². The molecule has 2 aromatic heterocycles. The molecular weight excluding hydrogens is 202 g/mol. The Hall–Kier alpha value is -1.55. The van der Waals surface area contributed by atoms with E-state index in [0.29, 0.717) is 6.04 Å². The van der Waals surface area contributed by atoms with E-state index in [0.717, 1.165) is 31.7 Å². The molecule has 3 rings (SSSR count). The molecule has 84 valence electrons. The molecule has 0 aromatic carbocycles. The SMILES string of the molecule is c1coc(CN[C@@H]2CCn3nccc3C2)c1. The first-order valence-corrected chi connectivity index (χ1v) is 5.68. The van der Waals surface area contributed by atoms with E-state index in [-0.39, 0.29) is 0 Å². The molecule has 0 spiro atoms. The van der Waals surface area contributed by atoms with Gasteiger partial charge in [-0.25, -0.2) is 0 Å². The number of fused-ring (bicyclic) bond motifs is 1. The molecule has 0 amide bonds. The second-order valence-corrected chi connectivity index (χ2v) is 4.20. The van der Waals surface area contributed by atoms with Gasteiger partial charge in [0.05, 0.1) is 12.8 Å². The van der Waals surface area contributed by atoms with Crippen molar-refractivity contribution >= 4 is 0 Å². The zero-order valence-electron chi connectivity index (χ0n) is 9.10. The van der Waals surface area contributed by atoms with Gasteiger partial charge in [0.15, 0.2) is 0 Å².